The molecule has 1 aromatic heterocycles. The van der Waals surface area contributed by atoms with Crippen molar-refractivity contribution in [3.63, 3.8) is 0 Å². The average molecular weight is 455 g/mol. The first-order chi connectivity index (χ1) is 16.7. The van der Waals surface area contributed by atoms with E-state index in [1.165, 1.54) is 23.7 Å². The van der Waals surface area contributed by atoms with Crippen LogP contribution in [0.3, 0.4) is 0 Å². The van der Waals surface area contributed by atoms with Gasteiger partial charge in [0.2, 0.25) is 5.91 Å². The van der Waals surface area contributed by atoms with Crippen LogP contribution < -0.4 is 10.1 Å². The third-order valence-electron chi connectivity index (χ3n) is 6.28. The van der Waals surface area contributed by atoms with Crippen molar-refractivity contribution in [2.24, 2.45) is 7.05 Å². The monoisotopic (exact) mass is 454 g/mol. The zero-order valence-corrected chi connectivity index (χ0v) is 20.2. The molecule has 1 N–H and O–H groups in total. The topological polar surface area (TPSA) is 43.3 Å². The van der Waals surface area contributed by atoms with Gasteiger partial charge < -0.3 is 14.6 Å². The van der Waals surface area contributed by atoms with Gasteiger partial charge in [-0.05, 0) is 47.9 Å². The van der Waals surface area contributed by atoms with Gasteiger partial charge in [0.1, 0.15) is 11.5 Å². The van der Waals surface area contributed by atoms with Crippen LogP contribution in [0.5, 0.6) is 11.5 Å². The van der Waals surface area contributed by atoms with E-state index in [-0.39, 0.29) is 11.8 Å². The molecule has 4 nitrogen and oxygen atoms in total. The minimum absolute atomic E-state index is 0.0685. The molecule has 1 atom stereocenters. The molecule has 0 saturated heterocycles. The highest BCUT2D eigenvalue weighted by molar-refractivity contribution is 5.86. The van der Waals surface area contributed by atoms with Crippen molar-refractivity contribution < 1.29 is 9.53 Å². The van der Waals surface area contributed by atoms with E-state index in [1.54, 1.807) is 0 Å². The molecule has 4 aromatic rings. The molecule has 1 heterocycles. The van der Waals surface area contributed by atoms with Crippen LogP contribution in [0.2, 0.25) is 0 Å². The van der Waals surface area contributed by atoms with Crippen LogP contribution in [0.25, 0.3) is 10.9 Å². The maximum atomic E-state index is 13.0. The van der Waals surface area contributed by atoms with Crippen LogP contribution in [0.1, 0.15) is 56.1 Å². The molecule has 34 heavy (non-hydrogen) atoms. The minimum atomic E-state index is -0.0685. The molecule has 4 rings (SSSR count). The van der Waals surface area contributed by atoms with Gasteiger partial charge in [0.15, 0.2) is 0 Å². The Bertz CT molecular complexity index is 1210. The smallest absolute Gasteiger partial charge is 0.220 e. The van der Waals surface area contributed by atoms with E-state index in [1.807, 2.05) is 42.5 Å². The molecule has 0 aliphatic carbocycles. The quantitative estimate of drug-likeness (QED) is 0.244. The van der Waals surface area contributed by atoms with Gasteiger partial charge in [-0.25, -0.2) is 0 Å². The number of ether oxygens (including phenoxy) is 1. The number of unbranched alkanes of at least 4 members (excludes halogenated alkanes) is 3. The highest BCUT2D eigenvalue weighted by Crippen LogP contribution is 2.36. The molecule has 4 heteroatoms. The standard InChI is InChI=1S/C30H34N2O2/c1-3-4-5-11-19-31-30(33)21-27(28-22-32(2)29-18-10-9-17-26(28)29)23-13-12-16-25(20-23)34-24-14-7-6-8-15-24/h6-10,12-18,20,22,27H,3-5,11,19,21H2,1-2H3,(H,31,33). The minimum Gasteiger partial charge on any atom is -0.457 e. The van der Waals surface area contributed by atoms with Gasteiger partial charge in [-0.1, -0.05) is 74.7 Å². The summed E-state index contributed by atoms with van der Waals surface area (Å²) < 4.78 is 8.24. The molecule has 0 saturated carbocycles. The maximum absolute atomic E-state index is 13.0. The van der Waals surface area contributed by atoms with Crippen molar-refractivity contribution in [3.05, 3.63) is 96.2 Å². The summed E-state index contributed by atoms with van der Waals surface area (Å²) in [6.45, 7) is 2.93. The Morgan fingerprint density at radius 2 is 1.68 bits per heavy atom. The molecule has 1 unspecified atom stereocenters. The summed E-state index contributed by atoms with van der Waals surface area (Å²) in [7, 11) is 2.06. The number of nitrogens with one attached hydrogen (secondary N) is 1. The summed E-state index contributed by atoms with van der Waals surface area (Å²) in [5.74, 6) is 1.59. The summed E-state index contributed by atoms with van der Waals surface area (Å²) in [6.07, 6.45) is 7.15. The number of fused-ring (bicyclic) bond motifs is 1. The number of para-hydroxylation sites is 2. The summed E-state index contributed by atoms with van der Waals surface area (Å²) >= 11 is 0. The lowest BCUT2D eigenvalue weighted by molar-refractivity contribution is -0.121. The number of aryl methyl sites for hydroxylation is 1. The lowest BCUT2D eigenvalue weighted by atomic mass is 9.88. The Hall–Kier alpha value is -3.53. The number of hydrogen-bond donors (Lipinski definition) is 1. The van der Waals surface area contributed by atoms with Crippen LogP contribution in [0, 0.1) is 0 Å². The fourth-order valence-electron chi connectivity index (χ4n) is 4.51. The number of carbonyl (C=O) groups excluding carboxylic acids is 1. The van der Waals surface area contributed by atoms with Gasteiger partial charge >= 0.3 is 0 Å². The fourth-order valence-corrected chi connectivity index (χ4v) is 4.51. The molecule has 0 spiro atoms. The summed E-state index contributed by atoms with van der Waals surface area (Å²) in [6, 6.07) is 26.3. The van der Waals surface area contributed by atoms with Gasteiger partial charge in [-0.2, -0.15) is 0 Å². The van der Waals surface area contributed by atoms with Crippen molar-refractivity contribution in [1.82, 2.24) is 9.88 Å². The summed E-state index contributed by atoms with van der Waals surface area (Å²) in [5.41, 5.74) is 3.40. The fraction of sp³-hybridized carbons (Fsp3) is 0.300. The average Bonchev–Trinajstić information content (AvgIpc) is 3.19. The first-order valence-corrected chi connectivity index (χ1v) is 12.3. The third-order valence-corrected chi connectivity index (χ3v) is 6.28. The van der Waals surface area contributed by atoms with E-state index in [0.717, 1.165) is 42.0 Å². The molecule has 0 aliphatic heterocycles. The second-order valence-electron chi connectivity index (χ2n) is 8.87. The number of nitrogens with zero attached hydrogens (tertiary/aromatic N) is 1. The lowest BCUT2D eigenvalue weighted by Crippen LogP contribution is -2.26. The molecular formula is C30H34N2O2. The Morgan fingerprint density at radius 3 is 2.50 bits per heavy atom. The van der Waals surface area contributed by atoms with Crippen molar-refractivity contribution >= 4 is 16.8 Å². The highest BCUT2D eigenvalue weighted by atomic mass is 16.5. The van der Waals surface area contributed by atoms with Crippen molar-refractivity contribution in [3.8, 4) is 11.5 Å². The second-order valence-corrected chi connectivity index (χ2v) is 8.87. The number of benzene rings is 3. The Kier molecular flexibility index (Phi) is 8.03. The normalized spacial score (nSPS) is 11.9. The Balaban J connectivity index is 1.61. The molecule has 3 aromatic carbocycles. The summed E-state index contributed by atoms with van der Waals surface area (Å²) in [4.78, 5) is 13.0. The molecule has 0 bridgehead atoms. The van der Waals surface area contributed by atoms with Gasteiger partial charge in [-0.3, -0.25) is 4.79 Å². The highest BCUT2D eigenvalue weighted by Gasteiger charge is 2.22. The number of aromatic nitrogens is 1. The molecule has 0 radical (unpaired) electrons. The van der Waals surface area contributed by atoms with Gasteiger partial charge in [0, 0.05) is 43.0 Å². The van der Waals surface area contributed by atoms with E-state index < -0.39 is 0 Å². The van der Waals surface area contributed by atoms with E-state index in [9.17, 15) is 4.79 Å². The first kappa shape index (κ1) is 23.6. The molecule has 0 fully saturated rings. The molecule has 0 aliphatic rings. The van der Waals surface area contributed by atoms with Crippen LogP contribution in [0.4, 0.5) is 0 Å². The number of hydrogen-bond acceptors (Lipinski definition) is 2. The largest absolute Gasteiger partial charge is 0.457 e. The summed E-state index contributed by atoms with van der Waals surface area (Å²) in [5, 5.41) is 4.32. The van der Waals surface area contributed by atoms with Crippen LogP contribution in [-0.2, 0) is 11.8 Å². The van der Waals surface area contributed by atoms with Crippen molar-refractivity contribution in [1.29, 1.82) is 0 Å². The number of amides is 1. The van der Waals surface area contributed by atoms with Crippen LogP contribution >= 0.6 is 0 Å². The van der Waals surface area contributed by atoms with Crippen LogP contribution in [0.15, 0.2) is 85.1 Å². The van der Waals surface area contributed by atoms with Crippen molar-refractivity contribution in [2.75, 3.05) is 6.54 Å². The van der Waals surface area contributed by atoms with E-state index in [2.05, 4.69) is 66.5 Å². The zero-order valence-electron chi connectivity index (χ0n) is 20.2. The van der Waals surface area contributed by atoms with E-state index in [0.29, 0.717) is 6.42 Å². The second kappa shape index (κ2) is 11.6. The molecular weight excluding hydrogens is 420 g/mol. The number of rotatable bonds is 11. The van der Waals surface area contributed by atoms with Gasteiger partial charge in [0.05, 0.1) is 0 Å². The van der Waals surface area contributed by atoms with Gasteiger partial charge in [-0.15, -0.1) is 0 Å². The molecule has 176 valence electrons. The Labute approximate surface area is 202 Å². The maximum Gasteiger partial charge on any atom is 0.220 e. The predicted molar refractivity (Wildman–Crippen MR) is 139 cm³/mol. The molecule has 1 amide bonds. The van der Waals surface area contributed by atoms with Gasteiger partial charge in [0.25, 0.3) is 0 Å². The number of carbonyl (C=O) groups is 1. The predicted octanol–water partition coefficient (Wildman–Crippen LogP) is 7.19. The van der Waals surface area contributed by atoms with Crippen molar-refractivity contribution in [2.45, 2.75) is 44.9 Å². The first-order valence-electron chi connectivity index (χ1n) is 12.3. The van der Waals surface area contributed by atoms with Crippen LogP contribution in [-0.4, -0.2) is 17.0 Å². The van der Waals surface area contributed by atoms with E-state index in [4.69, 9.17) is 4.74 Å². The SMILES string of the molecule is CCCCCCNC(=O)CC(c1cccc(Oc2ccccc2)c1)c1cn(C)c2ccccc12. The van der Waals surface area contributed by atoms with E-state index >= 15 is 0 Å². The Morgan fingerprint density at radius 1 is 0.912 bits per heavy atom. The third kappa shape index (κ3) is 5.88. The zero-order chi connectivity index (χ0) is 23.8. The lowest BCUT2D eigenvalue weighted by Gasteiger charge is -2.18.